The molecule has 2 amide bonds. The lowest BCUT2D eigenvalue weighted by molar-refractivity contribution is -0.136. The number of aryl methyl sites for hydroxylation is 1. The molecule has 0 unspecified atom stereocenters. The average Bonchev–Trinajstić information content (AvgIpc) is 3.04. The van der Waals surface area contributed by atoms with Crippen molar-refractivity contribution in [1.82, 2.24) is 5.32 Å². The van der Waals surface area contributed by atoms with Crippen molar-refractivity contribution in [3.63, 3.8) is 0 Å². The van der Waals surface area contributed by atoms with Gasteiger partial charge in [0.15, 0.2) is 0 Å². The first-order valence-corrected chi connectivity index (χ1v) is 8.52. The number of hydrogen-bond acceptors (Lipinski definition) is 3. The highest BCUT2D eigenvalue weighted by atomic mass is 16.2. The van der Waals surface area contributed by atoms with Crippen LogP contribution in [0.4, 0.5) is 11.4 Å². The molecule has 0 bridgehead atoms. The van der Waals surface area contributed by atoms with Crippen LogP contribution in [0.1, 0.15) is 45.1 Å². The molecule has 1 saturated carbocycles. The minimum Gasteiger partial charge on any atom is -0.372 e. The molecular weight excluding hydrogens is 290 g/mol. The highest BCUT2D eigenvalue weighted by Crippen LogP contribution is 2.23. The predicted molar refractivity (Wildman–Crippen MR) is 93.8 cm³/mol. The van der Waals surface area contributed by atoms with E-state index in [2.05, 4.69) is 29.4 Å². The van der Waals surface area contributed by atoms with Crippen molar-refractivity contribution >= 4 is 23.2 Å². The van der Waals surface area contributed by atoms with E-state index in [9.17, 15) is 9.59 Å². The van der Waals surface area contributed by atoms with Crippen LogP contribution in [0.15, 0.2) is 18.2 Å². The van der Waals surface area contributed by atoms with Gasteiger partial charge in [-0.25, -0.2) is 0 Å². The van der Waals surface area contributed by atoms with Crippen LogP contribution in [0.5, 0.6) is 0 Å². The molecule has 1 aliphatic rings. The van der Waals surface area contributed by atoms with E-state index in [1.54, 1.807) is 0 Å². The lowest BCUT2D eigenvalue weighted by Gasteiger charge is -2.22. The molecule has 0 aromatic heterocycles. The van der Waals surface area contributed by atoms with E-state index in [1.807, 2.05) is 25.1 Å². The quantitative estimate of drug-likeness (QED) is 0.821. The van der Waals surface area contributed by atoms with E-state index >= 15 is 0 Å². The normalized spacial score (nSPS) is 14.6. The number of benzene rings is 1. The summed E-state index contributed by atoms with van der Waals surface area (Å²) >= 11 is 0. The second kappa shape index (κ2) is 7.99. The molecule has 1 aliphatic carbocycles. The fraction of sp³-hybridized carbons (Fsp3) is 0.556. The number of carbonyl (C=O) groups is 2. The number of rotatable bonds is 5. The Morgan fingerprint density at radius 3 is 2.35 bits per heavy atom. The van der Waals surface area contributed by atoms with Gasteiger partial charge in [-0.1, -0.05) is 12.8 Å². The zero-order valence-corrected chi connectivity index (χ0v) is 14.3. The smallest absolute Gasteiger partial charge is 0.313 e. The van der Waals surface area contributed by atoms with Gasteiger partial charge in [0.25, 0.3) is 0 Å². The summed E-state index contributed by atoms with van der Waals surface area (Å²) in [6, 6.07) is 6.03. The van der Waals surface area contributed by atoms with Gasteiger partial charge in [0, 0.05) is 30.5 Å². The Morgan fingerprint density at radius 1 is 1.13 bits per heavy atom. The van der Waals surface area contributed by atoms with Crippen LogP contribution in [0.25, 0.3) is 0 Å². The number of hydrogen-bond donors (Lipinski definition) is 2. The minimum absolute atomic E-state index is 0.152. The van der Waals surface area contributed by atoms with Crippen LogP contribution in [-0.4, -0.2) is 30.9 Å². The standard InChI is InChI=1S/C18H27N3O2/c1-4-21(5-2)15-10-11-16(13(3)12-15)20-18(23)17(22)19-14-8-6-7-9-14/h10-12,14H,4-9H2,1-3H3,(H,19,22)(H,20,23). The highest BCUT2D eigenvalue weighted by molar-refractivity contribution is 6.39. The molecule has 1 aromatic carbocycles. The van der Waals surface area contributed by atoms with Gasteiger partial charge in [-0.2, -0.15) is 0 Å². The van der Waals surface area contributed by atoms with E-state index in [0.29, 0.717) is 5.69 Å². The molecule has 2 rings (SSSR count). The molecule has 2 N–H and O–H groups in total. The molecule has 0 aliphatic heterocycles. The summed E-state index contributed by atoms with van der Waals surface area (Å²) in [7, 11) is 0. The number of anilines is 2. The van der Waals surface area contributed by atoms with E-state index in [4.69, 9.17) is 0 Å². The molecule has 0 spiro atoms. The maximum absolute atomic E-state index is 12.0. The summed E-state index contributed by atoms with van der Waals surface area (Å²) in [6.45, 7) is 8.04. The molecule has 23 heavy (non-hydrogen) atoms. The van der Waals surface area contributed by atoms with Crippen molar-refractivity contribution in [1.29, 1.82) is 0 Å². The van der Waals surface area contributed by atoms with Gasteiger partial charge in [0.2, 0.25) is 0 Å². The van der Waals surface area contributed by atoms with Crippen molar-refractivity contribution in [2.24, 2.45) is 0 Å². The van der Waals surface area contributed by atoms with Gasteiger partial charge in [0.1, 0.15) is 0 Å². The van der Waals surface area contributed by atoms with Crippen molar-refractivity contribution < 1.29 is 9.59 Å². The van der Waals surface area contributed by atoms with Gasteiger partial charge >= 0.3 is 11.8 Å². The Balaban J connectivity index is 1.98. The van der Waals surface area contributed by atoms with E-state index in [0.717, 1.165) is 50.0 Å². The van der Waals surface area contributed by atoms with Crippen molar-refractivity contribution in [2.75, 3.05) is 23.3 Å². The highest BCUT2D eigenvalue weighted by Gasteiger charge is 2.21. The molecule has 1 aromatic rings. The predicted octanol–water partition coefficient (Wildman–Crippen LogP) is 2.84. The zero-order chi connectivity index (χ0) is 16.8. The fourth-order valence-corrected chi connectivity index (χ4v) is 3.07. The van der Waals surface area contributed by atoms with Crippen LogP contribution in [-0.2, 0) is 9.59 Å². The van der Waals surface area contributed by atoms with Crippen molar-refractivity contribution in [3.8, 4) is 0 Å². The van der Waals surface area contributed by atoms with Gasteiger partial charge in [0.05, 0.1) is 0 Å². The Labute approximate surface area is 138 Å². The molecule has 0 heterocycles. The number of nitrogens with one attached hydrogen (secondary N) is 2. The molecule has 0 atom stereocenters. The monoisotopic (exact) mass is 317 g/mol. The first-order chi connectivity index (χ1) is 11.0. The lowest BCUT2D eigenvalue weighted by Crippen LogP contribution is -2.40. The summed E-state index contributed by atoms with van der Waals surface area (Å²) in [5, 5.41) is 5.52. The van der Waals surface area contributed by atoms with E-state index < -0.39 is 11.8 Å². The first kappa shape index (κ1) is 17.3. The van der Waals surface area contributed by atoms with Crippen LogP contribution in [0.3, 0.4) is 0 Å². The Bertz CT molecular complexity index is 561. The minimum atomic E-state index is -0.587. The third kappa shape index (κ3) is 4.47. The third-order valence-electron chi connectivity index (χ3n) is 4.48. The second-order valence-corrected chi connectivity index (χ2v) is 6.08. The van der Waals surface area contributed by atoms with Gasteiger partial charge in [-0.05, 0) is 57.4 Å². The Kier molecular flexibility index (Phi) is 6.02. The molecule has 5 heteroatoms. The van der Waals surface area contributed by atoms with E-state index in [-0.39, 0.29) is 6.04 Å². The fourth-order valence-electron chi connectivity index (χ4n) is 3.07. The molecule has 0 radical (unpaired) electrons. The second-order valence-electron chi connectivity index (χ2n) is 6.08. The summed E-state index contributed by atoms with van der Waals surface area (Å²) in [4.78, 5) is 26.2. The summed E-state index contributed by atoms with van der Waals surface area (Å²) in [5.41, 5.74) is 2.77. The summed E-state index contributed by atoms with van der Waals surface area (Å²) in [6.07, 6.45) is 4.18. The number of nitrogens with zero attached hydrogens (tertiary/aromatic N) is 1. The van der Waals surface area contributed by atoms with Gasteiger partial charge in [-0.3, -0.25) is 9.59 Å². The average molecular weight is 317 g/mol. The molecule has 1 fully saturated rings. The maximum atomic E-state index is 12.0. The van der Waals surface area contributed by atoms with Crippen LogP contribution in [0, 0.1) is 6.92 Å². The largest absolute Gasteiger partial charge is 0.372 e. The SMILES string of the molecule is CCN(CC)c1ccc(NC(=O)C(=O)NC2CCCC2)c(C)c1. The van der Waals surface area contributed by atoms with Crippen LogP contribution in [0.2, 0.25) is 0 Å². The molecule has 5 nitrogen and oxygen atoms in total. The van der Waals surface area contributed by atoms with Crippen LogP contribution < -0.4 is 15.5 Å². The zero-order valence-electron chi connectivity index (χ0n) is 14.3. The molecule has 126 valence electrons. The third-order valence-corrected chi connectivity index (χ3v) is 4.48. The molecular formula is C18H27N3O2. The number of amides is 2. The van der Waals surface area contributed by atoms with Gasteiger partial charge in [-0.15, -0.1) is 0 Å². The molecule has 0 saturated heterocycles. The summed E-state index contributed by atoms with van der Waals surface area (Å²) in [5.74, 6) is -1.13. The summed E-state index contributed by atoms with van der Waals surface area (Å²) < 4.78 is 0. The van der Waals surface area contributed by atoms with E-state index in [1.165, 1.54) is 0 Å². The van der Waals surface area contributed by atoms with Crippen LogP contribution >= 0.6 is 0 Å². The number of carbonyl (C=O) groups excluding carboxylic acids is 2. The first-order valence-electron chi connectivity index (χ1n) is 8.52. The van der Waals surface area contributed by atoms with Crippen molar-refractivity contribution in [2.45, 2.75) is 52.5 Å². The van der Waals surface area contributed by atoms with Gasteiger partial charge < -0.3 is 15.5 Å². The maximum Gasteiger partial charge on any atom is 0.313 e. The lowest BCUT2D eigenvalue weighted by atomic mass is 10.1. The van der Waals surface area contributed by atoms with Crippen molar-refractivity contribution in [3.05, 3.63) is 23.8 Å². The topological polar surface area (TPSA) is 61.4 Å². The Hall–Kier alpha value is -2.04. The Morgan fingerprint density at radius 2 is 1.78 bits per heavy atom.